The van der Waals surface area contributed by atoms with E-state index in [0.717, 1.165) is 0 Å². The molecule has 2 nitrogen and oxygen atoms in total. The molecule has 0 amide bonds. The highest BCUT2D eigenvalue weighted by molar-refractivity contribution is 5.23. The molecule has 0 aromatic carbocycles. The molecule has 1 aliphatic carbocycles. The SMILES string of the molecule is O[C@@H]1C[C@@H](C(F)F)Cc2occc21. The molecule has 2 rings (SSSR count). The van der Waals surface area contributed by atoms with E-state index >= 15 is 0 Å². The largest absolute Gasteiger partial charge is 0.469 e. The van der Waals surface area contributed by atoms with Crippen LogP contribution in [0.5, 0.6) is 0 Å². The van der Waals surface area contributed by atoms with E-state index < -0.39 is 18.4 Å². The number of aliphatic hydroxyl groups is 1. The minimum Gasteiger partial charge on any atom is -0.469 e. The Bertz CT molecular complexity index is 296. The molecule has 0 fully saturated rings. The first kappa shape index (κ1) is 8.69. The average Bonchev–Trinajstić information content (AvgIpc) is 2.51. The molecule has 2 atom stereocenters. The Hall–Kier alpha value is -0.900. The minimum absolute atomic E-state index is 0.129. The molecular weight excluding hydrogens is 178 g/mol. The summed E-state index contributed by atoms with van der Waals surface area (Å²) in [6, 6.07) is 1.64. The van der Waals surface area contributed by atoms with Crippen LogP contribution in [0.15, 0.2) is 16.7 Å². The summed E-state index contributed by atoms with van der Waals surface area (Å²) in [5, 5.41) is 9.48. The van der Waals surface area contributed by atoms with Crippen LogP contribution in [0.1, 0.15) is 23.8 Å². The van der Waals surface area contributed by atoms with Crippen LogP contribution in [0.25, 0.3) is 0 Å². The molecule has 1 aliphatic rings. The third kappa shape index (κ3) is 1.46. The van der Waals surface area contributed by atoms with Crippen molar-refractivity contribution in [1.82, 2.24) is 0 Å². The van der Waals surface area contributed by atoms with E-state index in [2.05, 4.69) is 0 Å². The fourth-order valence-corrected chi connectivity index (χ4v) is 1.74. The van der Waals surface area contributed by atoms with Crippen molar-refractivity contribution in [2.75, 3.05) is 0 Å². The van der Waals surface area contributed by atoms with Crippen molar-refractivity contribution >= 4 is 0 Å². The van der Waals surface area contributed by atoms with Crippen LogP contribution in [-0.2, 0) is 6.42 Å². The van der Waals surface area contributed by atoms with E-state index in [1.165, 1.54) is 6.26 Å². The molecule has 0 radical (unpaired) electrons. The van der Waals surface area contributed by atoms with Crippen LogP contribution in [0.3, 0.4) is 0 Å². The zero-order valence-corrected chi connectivity index (χ0v) is 6.91. The molecule has 13 heavy (non-hydrogen) atoms. The van der Waals surface area contributed by atoms with Gasteiger partial charge in [0.2, 0.25) is 6.43 Å². The molecule has 0 unspecified atom stereocenters. The van der Waals surface area contributed by atoms with Gasteiger partial charge in [-0.3, -0.25) is 0 Å². The van der Waals surface area contributed by atoms with Gasteiger partial charge in [0.25, 0.3) is 0 Å². The van der Waals surface area contributed by atoms with Crippen LogP contribution >= 0.6 is 0 Å². The van der Waals surface area contributed by atoms with Crippen molar-refractivity contribution in [2.24, 2.45) is 5.92 Å². The Balaban J connectivity index is 2.23. The van der Waals surface area contributed by atoms with Crippen LogP contribution in [0, 0.1) is 5.92 Å². The minimum atomic E-state index is -2.38. The van der Waals surface area contributed by atoms with Gasteiger partial charge in [0, 0.05) is 17.9 Å². The van der Waals surface area contributed by atoms with E-state index in [4.69, 9.17) is 4.42 Å². The normalized spacial score (nSPS) is 27.7. The first-order chi connectivity index (χ1) is 6.18. The molecule has 0 aliphatic heterocycles. The Morgan fingerprint density at radius 2 is 2.31 bits per heavy atom. The quantitative estimate of drug-likeness (QED) is 0.732. The van der Waals surface area contributed by atoms with E-state index in [9.17, 15) is 13.9 Å². The molecule has 1 heterocycles. The first-order valence-electron chi connectivity index (χ1n) is 4.21. The van der Waals surface area contributed by atoms with Gasteiger partial charge in [0.1, 0.15) is 5.76 Å². The van der Waals surface area contributed by atoms with Crippen molar-refractivity contribution in [3.8, 4) is 0 Å². The predicted molar refractivity (Wildman–Crippen MR) is 41.5 cm³/mol. The highest BCUT2D eigenvalue weighted by Crippen LogP contribution is 2.36. The Morgan fingerprint density at radius 1 is 1.54 bits per heavy atom. The molecule has 0 spiro atoms. The smallest absolute Gasteiger partial charge is 0.241 e. The summed E-state index contributed by atoms with van der Waals surface area (Å²) in [5.41, 5.74) is 0.664. The van der Waals surface area contributed by atoms with Gasteiger partial charge in [0.05, 0.1) is 12.4 Å². The molecular formula is C9H10F2O2. The predicted octanol–water partition coefficient (Wildman–Crippen LogP) is 2.14. The average molecular weight is 188 g/mol. The highest BCUT2D eigenvalue weighted by atomic mass is 19.3. The van der Waals surface area contributed by atoms with Gasteiger partial charge in [0.15, 0.2) is 0 Å². The van der Waals surface area contributed by atoms with Gasteiger partial charge < -0.3 is 9.52 Å². The van der Waals surface area contributed by atoms with Gasteiger partial charge in [-0.05, 0) is 12.5 Å². The zero-order valence-electron chi connectivity index (χ0n) is 6.91. The maximum atomic E-state index is 12.3. The van der Waals surface area contributed by atoms with Crippen LogP contribution in [0.2, 0.25) is 0 Å². The lowest BCUT2D eigenvalue weighted by Crippen LogP contribution is -2.22. The fraction of sp³-hybridized carbons (Fsp3) is 0.556. The van der Waals surface area contributed by atoms with Gasteiger partial charge in [-0.25, -0.2) is 8.78 Å². The molecule has 0 saturated heterocycles. The lowest BCUT2D eigenvalue weighted by molar-refractivity contribution is 0.0263. The molecule has 0 saturated carbocycles. The van der Waals surface area contributed by atoms with E-state index in [1.54, 1.807) is 6.07 Å². The number of alkyl halides is 2. The lowest BCUT2D eigenvalue weighted by Gasteiger charge is -2.24. The third-order valence-corrected chi connectivity index (χ3v) is 2.47. The molecule has 1 aromatic heterocycles. The fourth-order valence-electron chi connectivity index (χ4n) is 1.74. The second-order valence-electron chi connectivity index (χ2n) is 3.35. The van der Waals surface area contributed by atoms with Crippen molar-refractivity contribution < 1.29 is 18.3 Å². The van der Waals surface area contributed by atoms with Gasteiger partial charge in [-0.2, -0.15) is 0 Å². The Labute approximate surface area is 74.2 Å². The summed E-state index contributed by atoms with van der Waals surface area (Å²) in [5.74, 6) is -0.266. The number of fused-ring (bicyclic) bond motifs is 1. The number of hydrogen-bond donors (Lipinski definition) is 1. The summed E-state index contributed by atoms with van der Waals surface area (Å²) < 4.78 is 29.7. The Kier molecular flexibility index (Phi) is 2.07. The van der Waals surface area contributed by atoms with Crippen molar-refractivity contribution in [3.63, 3.8) is 0 Å². The number of aliphatic hydroxyl groups excluding tert-OH is 1. The maximum Gasteiger partial charge on any atom is 0.241 e. The summed E-state index contributed by atoms with van der Waals surface area (Å²) in [6.07, 6.45) is -1.38. The van der Waals surface area contributed by atoms with Crippen molar-refractivity contribution in [2.45, 2.75) is 25.4 Å². The number of furan rings is 1. The van der Waals surface area contributed by atoms with E-state index in [-0.39, 0.29) is 12.8 Å². The molecule has 1 aromatic rings. The third-order valence-electron chi connectivity index (χ3n) is 2.47. The second-order valence-corrected chi connectivity index (χ2v) is 3.35. The topological polar surface area (TPSA) is 33.4 Å². The highest BCUT2D eigenvalue weighted by Gasteiger charge is 2.32. The van der Waals surface area contributed by atoms with Crippen LogP contribution in [0.4, 0.5) is 8.78 Å². The standard InChI is InChI=1S/C9H10F2O2/c10-9(11)5-3-7(12)6-1-2-13-8(6)4-5/h1-2,5,7,9,12H,3-4H2/t5-,7-/m1/s1. The van der Waals surface area contributed by atoms with Gasteiger partial charge >= 0.3 is 0 Å². The van der Waals surface area contributed by atoms with Crippen molar-refractivity contribution in [3.05, 3.63) is 23.7 Å². The summed E-state index contributed by atoms with van der Waals surface area (Å²) in [4.78, 5) is 0. The van der Waals surface area contributed by atoms with Gasteiger partial charge in [-0.15, -0.1) is 0 Å². The zero-order chi connectivity index (χ0) is 9.42. The van der Waals surface area contributed by atoms with Crippen LogP contribution in [-0.4, -0.2) is 11.5 Å². The molecule has 72 valence electrons. The van der Waals surface area contributed by atoms with E-state index in [1.807, 2.05) is 0 Å². The van der Waals surface area contributed by atoms with Crippen LogP contribution < -0.4 is 0 Å². The maximum absolute atomic E-state index is 12.3. The Morgan fingerprint density at radius 3 is 3.00 bits per heavy atom. The summed E-state index contributed by atoms with van der Waals surface area (Å²) in [7, 11) is 0. The monoisotopic (exact) mass is 188 g/mol. The number of rotatable bonds is 1. The number of hydrogen-bond acceptors (Lipinski definition) is 2. The van der Waals surface area contributed by atoms with Gasteiger partial charge in [-0.1, -0.05) is 0 Å². The van der Waals surface area contributed by atoms with E-state index in [0.29, 0.717) is 11.3 Å². The molecule has 1 N–H and O–H groups in total. The number of halogens is 2. The molecule has 4 heteroatoms. The summed E-state index contributed by atoms with van der Waals surface area (Å²) in [6.45, 7) is 0. The molecule has 0 bridgehead atoms. The summed E-state index contributed by atoms with van der Waals surface area (Å²) >= 11 is 0. The first-order valence-corrected chi connectivity index (χ1v) is 4.21. The second kappa shape index (κ2) is 3.10. The van der Waals surface area contributed by atoms with Crippen molar-refractivity contribution in [1.29, 1.82) is 0 Å². The lowest BCUT2D eigenvalue weighted by atomic mass is 9.87.